The van der Waals surface area contributed by atoms with Gasteiger partial charge in [-0.15, -0.1) is 0 Å². The third-order valence-corrected chi connectivity index (χ3v) is 2.42. The van der Waals surface area contributed by atoms with E-state index in [9.17, 15) is 18.0 Å². The first kappa shape index (κ1) is 14.5. The van der Waals surface area contributed by atoms with Crippen molar-refractivity contribution in [1.29, 1.82) is 0 Å². The molecule has 0 fully saturated rings. The summed E-state index contributed by atoms with van der Waals surface area (Å²) >= 11 is 0. The lowest BCUT2D eigenvalue weighted by molar-refractivity contribution is 0.0942. The maximum Gasteiger partial charge on any atom is 0.257 e. The summed E-state index contributed by atoms with van der Waals surface area (Å²) in [5, 5.41) is 2.32. The van der Waals surface area contributed by atoms with E-state index in [2.05, 4.69) is 5.32 Å². The second-order valence-corrected chi connectivity index (χ2v) is 4.00. The van der Waals surface area contributed by atoms with Crippen LogP contribution in [0.15, 0.2) is 12.1 Å². The number of benzene rings is 1. The average molecular weight is 260 g/mol. The number of amides is 1. The van der Waals surface area contributed by atoms with E-state index < -0.39 is 28.9 Å². The van der Waals surface area contributed by atoms with Gasteiger partial charge in [-0.2, -0.15) is 0 Å². The molecule has 1 unspecified atom stereocenters. The first-order valence-corrected chi connectivity index (χ1v) is 5.64. The van der Waals surface area contributed by atoms with Crippen LogP contribution in [0.4, 0.5) is 13.2 Å². The average Bonchev–Trinajstić information content (AvgIpc) is 2.25. The molecule has 0 saturated heterocycles. The molecular weight excluding hydrogens is 245 g/mol. The molecule has 18 heavy (non-hydrogen) atoms. The lowest BCUT2D eigenvalue weighted by Crippen LogP contribution is -2.37. The highest BCUT2D eigenvalue weighted by Crippen LogP contribution is 2.14. The van der Waals surface area contributed by atoms with E-state index in [1.807, 2.05) is 6.92 Å². The highest BCUT2D eigenvalue weighted by atomic mass is 19.1. The lowest BCUT2D eigenvalue weighted by atomic mass is 10.1. The topological polar surface area (TPSA) is 55.1 Å². The summed E-state index contributed by atoms with van der Waals surface area (Å²) in [5.41, 5.74) is 4.86. The molecule has 0 radical (unpaired) electrons. The van der Waals surface area contributed by atoms with Crippen LogP contribution in [0.5, 0.6) is 0 Å². The second-order valence-electron chi connectivity index (χ2n) is 4.00. The molecule has 0 aromatic heterocycles. The fraction of sp³-hybridized carbons (Fsp3) is 0.417. The quantitative estimate of drug-likeness (QED) is 0.850. The van der Waals surface area contributed by atoms with Crippen LogP contribution in [-0.2, 0) is 0 Å². The highest BCUT2D eigenvalue weighted by molar-refractivity contribution is 5.94. The third-order valence-electron chi connectivity index (χ3n) is 2.42. The number of nitrogens with one attached hydrogen (secondary N) is 1. The van der Waals surface area contributed by atoms with Gasteiger partial charge in [0.1, 0.15) is 23.0 Å². The van der Waals surface area contributed by atoms with Gasteiger partial charge in [0.2, 0.25) is 0 Å². The van der Waals surface area contributed by atoms with Crippen molar-refractivity contribution in [3.05, 3.63) is 35.1 Å². The Morgan fingerprint density at radius 3 is 2.39 bits per heavy atom. The Kier molecular flexibility index (Phi) is 5.15. The van der Waals surface area contributed by atoms with E-state index in [1.165, 1.54) is 0 Å². The summed E-state index contributed by atoms with van der Waals surface area (Å²) in [6, 6.07) is 0.652. The minimum Gasteiger partial charge on any atom is -0.350 e. The molecule has 0 aliphatic carbocycles. The van der Waals surface area contributed by atoms with Gasteiger partial charge in [0.15, 0.2) is 0 Å². The van der Waals surface area contributed by atoms with Crippen LogP contribution < -0.4 is 11.1 Å². The van der Waals surface area contributed by atoms with Gasteiger partial charge in [-0.1, -0.05) is 13.3 Å². The largest absolute Gasteiger partial charge is 0.350 e. The second kappa shape index (κ2) is 6.39. The molecular formula is C12H15F3N2O. The lowest BCUT2D eigenvalue weighted by Gasteiger charge is -2.12. The number of carbonyl (C=O) groups excluding carboxylic acids is 1. The zero-order valence-electron chi connectivity index (χ0n) is 9.97. The number of rotatable bonds is 5. The fourth-order valence-electron chi connectivity index (χ4n) is 1.54. The molecule has 100 valence electrons. The molecule has 3 nitrogen and oxygen atoms in total. The Labute approximate surface area is 103 Å². The van der Waals surface area contributed by atoms with E-state index in [0.717, 1.165) is 6.42 Å². The maximum atomic E-state index is 13.3. The van der Waals surface area contributed by atoms with E-state index >= 15 is 0 Å². The molecule has 1 aromatic rings. The van der Waals surface area contributed by atoms with Crippen LogP contribution in [0.3, 0.4) is 0 Å². The van der Waals surface area contributed by atoms with Crippen LogP contribution in [0.2, 0.25) is 0 Å². The van der Waals surface area contributed by atoms with Gasteiger partial charge in [0.25, 0.3) is 5.91 Å². The first-order chi connectivity index (χ1) is 8.45. The summed E-state index contributed by atoms with van der Waals surface area (Å²) in [7, 11) is 0. The van der Waals surface area contributed by atoms with E-state index in [4.69, 9.17) is 5.73 Å². The molecule has 0 spiro atoms. The Morgan fingerprint density at radius 1 is 1.33 bits per heavy atom. The van der Waals surface area contributed by atoms with Crippen molar-refractivity contribution < 1.29 is 18.0 Å². The smallest absolute Gasteiger partial charge is 0.257 e. The van der Waals surface area contributed by atoms with Crippen LogP contribution in [-0.4, -0.2) is 18.5 Å². The van der Waals surface area contributed by atoms with E-state index in [0.29, 0.717) is 18.6 Å². The van der Waals surface area contributed by atoms with Crippen molar-refractivity contribution in [3.8, 4) is 0 Å². The van der Waals surface area contributed by atoms with Crippen molar-refractivity contribution in [2.24, 2.45) is 5.73 Å². The van der Waals surface area contributed by atoms with Gasteiger partial charge in [-0.25, -0.2) is 13.2 Å². The van der Waals surface area contributed by atoms with Gasteiger partial charge >= 0.3 is 0 Å². The molecule has 3 N–H and O–H groups in total. The van der Waals surface area contributed by atoms with Gasteiger partial charge in [-0.05, 0) is 6.42 Å². The molecule has 1 rings (SSSR count). The van der Waals surface area contributed by atoms with Gasteiger partial charge in [0.05, 0.1) is 0 Å². The minimum absolute atomic E-state index is 0.114. The van der Waals surface area contributed by atoms with Crippen molar-refractivity contribution in [2.75, 3.05) is 6.54 Å². The monoisotopic (exact) mass is 260 g/mol. The number of halogens is 3. The summed E-state index contributed by atoms with van der Waals surface area (Å²) in [5.74, 6) is -4.45. The molecule has 0 saturated carbocycles. The van der Waals surface area contributed by atoms with Crippen molar-refractivity contribution in [1.82, 2.24) is 5.32 Å². The number of hydrogen-bond acceptors (Lipinski definition) is 2. The summed E-state index contributed by atoms with van der Waals surface area (Å²) < 4.78 is 39.2. The van der Waals surface area contributed by atoms with Crippen LogP contribution >= 0.6 is 0 Å². The van der Waals surface area contributed by atoms with Gasteiger partial charge < -0.3 is 11.1 Å². The Bertz CT molecular complexity index is 414. The van der Waals surface area contributed by atoms with Crippen molar-refractivity contribution in [3.63, 3.8) is 0 Å². The Hall–Kier alpha value is -1.56. The maximum absolute atomic E-state index is 13.3. The minimum atomic E-state index is -1.23. The molecule has 0 aliphatic rings. The van der Waals surface area contributed by atoms with Crippen molar-refractivity contribution >= 4 is 5.91 Å². The Morgan fingerprint density at radius 2 is 1.89 bits per heavy atom. The SMILES string of the molecule is CCCC(N)CNC(=O)c1c(F)cc(F)cc1F. The predicted octanol–water partition coefficient (Wildman–Crippen LogP) is 1.96. The van der Waals surface area contributed by atoms with Gasteiger partial charge in [0, 0.05) is 24.7 Å². The molecule has 0 aliphatic heterocycles. The Balaban J connectivity index is 2.73. The number of carbonyl (C=O) groups is 1. The predicted molar refractivity (Wildman–Crippen MR) is 61.5 cm³/mol. The van der Waals surface area contributed by atoms with Crippen LogP contribution in [0, 0.1) is 17.5 Å². The van der Waals surface area contributed by atoms with E-state index in [1.54, 1.807) is 0 Å². The van der Waals surface area contributed by atoms with Crippen LogP contribution in [0.25, 0.3) is 0 Å². The zero-order valence-corrected chi connectivity index (χ0v) is 9.97. The molecule has 0 bridgehead atoms. The highest BCUT2D eigenvalue weighted by Gasteiger charge is 2.19. The normalized spacial score (nSPS) is 12.3. The molecule has 1 atom stereocenters. The first-order valence-electron chi connectivity index (χ1n) is 5.64. The molecule has 1 aromatic carbocycles. The standard InChI is InChI=1S/C12H15F3N2O/c1-2-3-8(16)6-17-12(18)11-9(14)4-7(13)5-10(11)15/h4-5,8H,2-3,6,16H2,1H3,(H,17,18). The molecule has 1 amide bonds. The van der Waals surface area contributed by atoms with Gasteiger partial charge in [-0.3, -0.25) is 4.79 Å². The van der Waals surface area contributed by atoms with Crippen LogP contribution in [0.1, 0.15) is 30.1 Å². The summed E-state index contributed by atoms with van der Waals surface area (Å²) in [6.45, 7) is 2.05. The zero-order chi connectivity index (χ0) is 13.7. The third kappa shape index (κ3) is 3.73. The number of hydrogen-bond donors (Lipinski definition) is 2. The van der Waals surface area contributed by atoms with Crippen molar-refractivity contribution in [2.45, 2.75) is 25.8 Å². The summed E-state index contributed by atoms with van der Waals surface area (Å²) in [6.07, 6.45) is 1.53. The van der Waals surface area contributed by atoms with E-state index in [-0.39, 0.29) is 12.6 Å². The number of nitrogens with two attached hydrogens (primary N) is 1. The molecule has 6 heteroatoms. The summed E-state index contributed by atoms with van der Waals surface area (Å²) in [4.78, 5) is 11.5. The fourth-order valence-corrected chi connectivity index (χ4v) is 1.54. The molecule has 0 heterocycles.